The maximum Gasteiger partial charge on any atom is 0.306 e. The van der Waals surface area contributed by atoms with Crippen LogP contribution >= 0.6 is 0 Å². The Labute approximate surface area is 318 Å². The monoisotopic (exact) mass is 724 g/mol. The zero-order valence-electron chi connectivity index (χ0n) is 34.8. The van der Waals surface area contributed by atoms with E-state index in [9.17, 15) is 14.7 Å². The SMILES string of the molecule is CCCCCCCCC(CCCCCCCC)OC(=O)CCCCCCCN(CCO)CCCCCCCC(=O)OCC(C)CCCCCCC. The molecule has 0 spiro atoms. The van der Waals surface area contributed by atoms with Crippen molar-refractivity contribution < 1.29 is 24.2 Å². The maximum absolute atomic E-state index is 12.7. The lowest BCUT2D eigenvalue weighted by atomic mass is 10.0. The van der Waals surface area contributed by atoms with Gasteiger partial charge in [-0.3, -0.25) is 9.59 Å². The quantitative estimate of drug-likeness (QED) is 0.0500. The standard InChI is InChI=1S/C45H89NO5/c1-5-8-11-14-19-26-33-43(34-27-20-15-12-9-6-2)51-45(49)36-29-22-17-24-31-38-46(39-40-47)37-30-23-16-21-28-35-44(48)50-41-42(4)32-25-18-13-10-7-3/h42-43,47H,5-41H2,1-4H3. The second-order valence-corrected chi connectivity index (χ2v) is 15.8. The van der Waals surface area contributed by atoms with E-state index < -0.39 is 0 Å². The number of carbonyl (C=O) groups excluding carboxylic acids is 2. The molecule has 6 heteroatoms. The van der Waals surface area contributed by atoms with Gasteiger partial charge in [-0.25, -0.2) is 0 Å². The average molecular weight is 724 g/mol. The van der Waals surface area contributed by atoms with Crippen LogP contribution in [0.25, 0.3) is 0 Å². The van der Waals surface area contributed by atoms with E-state index in [1.807, 2.05) is 0 Å². The molecule has 0 radical (unpaired) electrons. The number of hydrogen-bond acceptors (Lipinski definition) is 6. The highest BCUT2D eigenvalue weighted by atomic mass is 16.5. The van der Waals surface area contributed by atoms with Gasteiger partial charge >= 0.3 is 11.9 Å². The summed E-state index contributed by atoms with van der Waals surface area (Å²) < 4.78 is 11.5. The summed E-state index contributed by atoms with van der Waals surface area (Å²) in [6, 6.07) is 0. The highest BCUT2D eigenvalue weighted by Crippen LogP contribution is 2.19. The van der Waals surface area contributed by atoms with Crippen LogP contribution in [0.1, 0.15) is 233 Å². The third-order valence-corrected chi connectivity index (χ3v) is 10.5. The minimum Gasteiger partial charge on any atom is -0.465 e. The molecule has 1 atom stereocenters. The second-order valence-electron chi connectivity index (χ2n) is 15.8. The summed E-state index contributed by atoms with van der Waals surface area (Å²) >= 11 is 0. The molecule has 0 amide bonds. The fraction of sp³-hybridized carbons (Fsp3) is 0.956. The molecule has 0 aliphatic carbocycles. The van der Waals surface area contributed by atoms with E-state index in [0.29, 0.717) is 25.4 Å². The fourth-order valence-corrected chi connectivity index (χ4v) is 7.05. The molecule has 0 heterocycles. The van der Waals surface area contributed by atoms with Crippen LogP contribution in [0.3, 0.4) is 0 Å². The van der Waals surface area contributed by atoms with Gasteiger partial charge in [0.15, 0.2) is 0 Å². The predicted molar refractivity (Wildman–Crippen MR) is 218 cm³/mol. The van der Waals surface area contributed by atoms with Crippen molar-refractivity contribution in [2.45, 2.75) is 239 Å². The van der Waals surface area contributed by atoms with Gasteiger partial charge in [-0.1, -0.05) is 163 Å². The van der Waals surface area contributed by atoms with Gasteiger partial charge in [0, 0.05) is 19.4 Å². The van der Waals surface area contributed by atoms with Gasteiger partial charge in [0.2, 0.25) is 0 Å². The van der Waals surface area contributed by atoms with Crippen molar-refractivity contribution in [2.24, 2.45) is 5.92 Å². The molecule has 0 bridgehead atoms. The summed E-state index contributed by atoms with van der Waals surface area (Å²) in [7, 11) is 0. The van der Waals surface area contributed by atoms with Crippen LogP contribution in [0.2, 0.25) is 0 Å². The number of ether oxygens (including phenoxy) is 2. The summed E-state index contributed by atoms with van der Waals surface area (Å²) in [6.07, 6.45) is 37.2. The zero-order chi connectivity index (χ0) is 37.5. The van der Waals surface area contributed by atoms with Crippen LogP contribution in [-0.4, -0.2) is 60.9 Å². The van der Waals surface area contributed by atoms with Gasteiger partial charge in [0.1, 0.15) is 6.10 Å². The first kappa shape index (κ1) is 49.9. The van der Waals surface area contributed by atoms with Crippen LogP contribution in [0, 0.1) is 5.92 Å². The lowest BCUT2D eigenvalue weighted by Crippen LogP contribution is -2.29. The highest BCUT2D eigenvalue weighted by Gasteiger charge is 2.14. The lowest BCUT2D eigenvalue weighted by molar-refractivity contribution is -0.150. The van der Waals surface area contributed by atoms with E-state index >= 15 is 0 Å². The van der Waals surface area contributed by atoms with Crippen LogP contribution in [0.4, 0.5) is 0 Å². The molecule has 0 aromatic heterocycles. The van der Waals surface area contributed by atoms with Crippen molar-refractivity contribution in [1.82, 2.24) is 4.90 Å². The first-order valence-electron chi connectivity index (χ1n) is 22.6. The first-order chi connectivity index (χ1) is 25.0. The van der Waals surface area contributed by atoms with Gasteiger partial charge in [-0.15, -0.1) is 0 Å². The molecule has 0 aromatic carbocycles. The molecule has 0 rings (SSSR count). The second kappa shape index (κ2) is 40.1. The third kappa shape index (κ3) is 37.0. The van der Waals surface area contributed by atoms with Crippen molar-refractivity contribution in [1.29, 1.82) is 0 Å². The van der Waals surface area contributed by atoms with Crippen LogP contribution in [0.5, 0.6) is 0 Å². The fourth-order valence-electron chi connectivity index (χ4n) is 7.05. The number of nitrogens with zero attached hydrogens (tertiary/aromatic N) is 1. The maximum atomic E-state index is 12.7. The Hall–Kier alpha value is -1.14. The van der Waals surface area contributed by atoms with Gasteiger partial charge in [0.05, 0.1) is 13.2 Å². The number of rotatable bonds is 41. The Morgan fingerprint density at radius 1 is 0.490 bits per heavy atom. The molecule has 0 saturated carbocycles. The van der Waals surface area contributed by atoms with Crippen molar-refractivity contribution in [3.05, 3.63) is 0 Å². The molecule has 0 aliphatic rings. The molecular weight excluding hydrogens is 634 g/mol. The van der Waals surface area contributed by atoms with E-state index in [4.69, 9.17) is 9.47 Å². The van der Waals surface area contributed by atoms with Crippen molar-refractivity contribution >= 4 is 11.9 Å². The summed E-state index contributed by atoms with van der Waals surface area (Å²) in [5.74, 6) is 0.442. The number of unbranched alkanes of at least 4 members (excludes halogenated alkanes) is 22. The van der Waals surface area contributed by atoms with Gasteiger partial charge < -0.3 is 19.5 Å². The Morgan fingerprint density at radius 3 is 1.35 bits per heavy atom. The largest absolute Gasteiger partial charge is 0.465 e. The zero-order valence-corrected chi connectivity index (χ0v) is 34.8. The highest BCUT2D eigenvalue weighted by molar-refractivity contribution is 5.69. The van der Waals surface area contributed by atoms with E-state index in [1.165, 1.54) is 122 Å². The molecule has 1 unspecified atom stereocenters. The summed E-state index contributed by atoms with van der Waals surface area (Å²) in [4.78, 5) is 27.2. The van der Waals surface area contributed by atoms with Crippen LogP contribution in [0.15, 0.2) is 0 Å². The van der Waals surface area contributed by atoms with Crippen LogP contribution in [-0.2, 0) is 19.1 Å². The lowest BCUT2D eigenvalue weighted by Gasteiger charge is -2.21. The summed E-state index contributed by atoms with van der Waals surface area (Å²) in [5, 5.41) is 9.55. The Bertz CT molecular complexity index is 715. The minimum atomic E-state index is -0.0341. The smallest absolute Gasteiger partial charge is 0.306 e. The molecule has 304 valence electrons. The minimum absolute atomic E-state index is 0.0134. The van der Waals surface area contributed by atoms with E-state index in [-0.39, 0.29) is 24.6 Å². The van der Waals surface area contributed by atoms with E-state index in [1.54, 1.807) is 0 Å². The molecule has 0 saturated heterocycles. The van der Waals surface area contributed by atoms with Crippen molar-refractivity contribution in [3.8, 4) is 0 Å². The van der Waals surface area contributed by atoms with E-state index in [2.05, 4.69) is 32.6 Å². The molecule has 6 nitrogen and oxygen atoms in total. The summed E-state index contributed by atoms with van der Waals surface area (Å²) in [6.45, 7) is 12.5. The number of hydrogen-bond donors (Lipinski definition) is 1. The molecule has 51 heavy (non-hydrogen) atoms. The predicted octanol–water partition coefficient (Wildman–Crippen LogP) is 12.9. The van der Waals surface area contributed by atoms with Gasteiger partial charge in [-0.2, -0.15) is 0 Å². The third-order valence-electron chi connectivity index (χ3n) is 10.5. The Balaban J connectivity index is 3.98. The number of aliphatic hydroxyl groups is 1. The van der Waals surface area contributed by atoms with Gasteiger partial charge in [-0.05, 0) is 76.8 Å². The Kier molecular flexibility index (Phi) is 39.2. The van der Waals surface area contributed by atoms with E-state index in [0.717, 1.165) is 90.3 Å². The first-order valence-corrected chi connectivity index (χ1v) is 22.6. The molecule has 1 N–H and O–H groups in total. The van der Waals surface area contributed by atoms with Gasteiger partial charge in [0.25, 0.3) is 0 Å². The normalized spacial score (nSPS) is 12.2. The number of esters is 2. The average Bonchev–Trinajstić information content (AvgIpc) is 3.12. The topological polar surface area (TPSA) is 76.1 Å². The molecule has 0 fully saturated rings. The molecule has 0 aliphatic heterocycles. The summed E-state index contributed by atoms with van der Waals surface area (Å²) in [5.41, 5.74) is 0. The molecular formula is C45H89NO5. The Morgan fingerprint density at radius 2 is 0.882 bits per heavy atom. The van der Waals surface area contributed by atoms with Crippen LogP contribution < -0.4 is 0 Å². The molecule has 0 aromatic rings. The van der Waals surface area contributed by atoms with Crippen molar-refractivity contribution in [2.75, 3.05) is 32.8 Å². The number of carbonyl (C=O) groups is 2. The number of aliphatic hydroxyl groups excluding tert-OH is 1. The van der Waals surface area contributed by atoms with Crippen molar-refractivity contribution in [3.63, 3.8) is 0 Å².